The van der Waals surface area contributed by atoms with Gasteiger partial charge in [-0.2, -0.15) is 0 Å². The molecule has 0 aliphatic heterocycles. The van der Waals surface area contributed by atoms with E-state index in [4.69, 9.17) is 9.47 Å². The van der Waals surface area contributed by atoms with Crippen molar-refractivity contribution in [3.8, 4) is 11.5 Å². The molecule has 1 aliphatic carbocycles. The zero-order chi connectivity index (χ0) is 15.6. The van der Waals surface area contributed by atoms with Crippen LogP contribution < -0.4 is 9.47 Å². The summed E-state index contributed by atoms with van der Waals surface area (Å²) in [5, 5.41) is 0. The number of hydrogen-bond acceptors (Lipinski definition) is 2. The number of ether oxygens (including phenoxy) is 2. The van der Waals surface area contributed by atoms with Gasteiger partial charge in [0, 0.05) is 10.4 Å². The molecule has 0 spiro atoms. The summed E-state index contributed by atoms with van der Waals surface area (Å²) >= 11 is 7.48. The molecule has 0 aromatic heterocycles. The van der Waals surface area contributed by atoms with Crippen molar-refractivity contribution in [3.63, 3.8) is 0 Å². The summed E-state index contributed by atoms with van der Waals surface area (Å²) in [4.78, 5) is 0.282. The Morgan fingerprint density at radius 1 is 1.14 bits per heavy atom. The van der Waals surface area contributed by atoms with Crippen molar-refractivity contribution in [1.29, 1.82) is 0 Å². The molecule has 2 nitrogen and oxygen atoms in total. The second kappa shape index (κ2) is 6.91. The SMILES string of the molecule is COc1cc(C(Br)C2CCCCC2(C)C)c(OC)cc1Br. The fourth-order valence-electron chi connectivity index (χ4n) is 3.38. The lowest BCUT2D eigenvalue weighted by Crippen LogP contribution is -2.30. The van der Waals surface area contributed by atoms with Crippen molar-refractivity contribution in [3.05, 3.63) is 22.2 Å². The summed E-state index contributed by atoms with van der Waals surface area (Å²) in [5.74, 6) is 2.36. The minimum absolute atomic E-state index is 0.282. The number of rotatable bonds is 4. The Labute approximate surface area is 144 Å². The Kier molecular flexibility index (Phi) is 5.64. The molecule has 0 heterocycles. The molecule has 0 N–H and O–H groups in total. The van der Waals surface area contributed by atoms with Crippen molar-refractivity contribution in [2.24, 2.45) is 11.3 Å². The molecule has 1 aromatic carbocycles. The molecular weight excluding hydrogens is 396 g/mol. The van der Waals surface area contributed by atoms with Crippen LogP contribution in [0, 0.1) is 11.3 Å². The first-order valence-corrected chi connectivity index (χ1v) is 9.17. The van der Waals surface area contributed by atoms with Gasteiger partial charge < -0.3 is 9.47 Å². The average Bonchev–Trinajstić information content (AvgIpc) is 2.45. The van der Waals surface area contributed by atoms with E-state index in [2.05, 4.69) is 51.8 Å². The highest BCUT2D eigenvalue weighted by molar-refractivity contribution is 9.10. The summed E-state index contributed by atoms with van der Waals surface area (Å²) < 4.78 is 12.0. The van der Waals surface area contributed by atoms with Crippen LogP contribution in [-0.4, -0.2) is 14.2 Å². The largest absolute Gasteiger partial charge is 0.496 e. The van der Waals surface area contributed by atoms with E-state index in [1.54, 1.807) is 14.2 Å². The third-order valence-corrected chi connectivity index (χ3v) is 6.50. The minimum Gasteiger partial charge on any atom is -0.496 e. The van der Waals surface area contributed by atoms with E-state index in [1.807, 2.05) is 6.07 Å². The third-order valence-electron chi connectivity index (χ3n) is 4.74. The standard InChI is InChI=1S/C17H24Br2O2/c1-17(2)8-6-5-7-12(17)16(19)11-9-15(21-4)13(18)10-14(11)20-3/h9-10,12,16H,5-8H2,1-4H3. The zero-order valence-electron chi connectivity index (χ0n) is 13.2. The van der Waals surface area contributed by atoms with Crippen LogP contribution in [0.4, 0.5) is 0 Å². The lowest BCUT2D eigenvalue weighted by atomic mass is 9.66. The number of methoxy groups -OCH3 is 2. The van der Waals surface area contributed by atoms with Crippen molar-refractivity contribution in [2.75, 3.05) is 14.2 Å². The summed E-state index contributed by atoms with van der Waals surface area (Å²) in [7, 11) is 3.42. The van der Waals surface area contributed by atoms with Crippen molar-refractivity contribution in [2.45, 2.75) is 44.4 Å². The highest BCUT2D eigenvalue weighted by atomic mass is 79.9. The van der Waals surface area contributed by atoms with Gasteiger partial charge in [-0.3, -0.25) is 0 Å². The van der Waals surface area contributed by atoms with Crippen LogP contribution >= 0.6 is 31.9 Å². The van der Waals surface area contributed by atoms with Gasteiger partial charge in [-0.1, -0.05) is 42.6 Å². The molecule has 1 fully saturated rings. The summed E-state index contributed by atoms with van der Waals surface area (Å²) in [6.45, 7) is 4.77. The molecule has 1 aliphatic rings. The highest BCUT2D eigenvalue weighted by Gasteiger charge is 2.38. The Hall–Kier alpha value is -0.220. The molecule has 2 unspecified atom stereocenters. The van der Waals surface area contributed by atoms with Gasteiger partial charge in [-0.15, -0.1) is 0 Å². The monoisotopic (exact) mass is 418 g/mol. The molecule has 21 heavy (non-hydrogen) atoms. The molecule has 2 rings (SSSR count). The molecule has 118 valence electrons. The van der Waals surface area contributed by atoms with Gasteiger partial charge in [0.05, 0.1) is 18.7 Å². The van der Waals surface area contributed by atoms with Crippen LogP contribution in [0.15, 0.2) is 16.6 Å². The number of hydrogen-bond donors (Lipinski definition) is 0. The Morgan fingerprint density at radius 3 is 2.38 bits per heavy atom. The Balaban J connectivity index is 2.39. The smallest absolute Gasteiger partial charge is 0.133 e. The average molecular weight is 420 g/mol. The van der Waals surface area contributed by atoms with Crippen LogP contribution in [-0.2, 0) is 0 Å². The van der Waals surface area contributed by atoms with Gasteiger partial charge in [0.1, 0.15) is 11.5 Å². The maximum absolute atomic E-state index is 5.59. The zero-order valence-corrected chi connectivity index (χ0v) is 16.4. The molecule has 2 atom stereocenters. The van der Waals surface area contributed by atoms with Crippen molar-refractivity contribution in [1.82, 2.24) is 0 Å². The van der Waals surface area contributed by atoms with E-state index >= 15 is 0 Å². The van der Waals surface area contributed by atoms with Crippen LogP contribution in [0.2, 0.25) is 0 Å². The van der Waals surface area contributed by atoms with E-state index < -0.39 is 0 Å². The van der Waals surface area contributed by atoms with E-state index in [-0.39, 0.29) is 4.83 Å². The van der Waals surface area contributed by atoms with Gasteiger partial charge in [-0.25, -0.2) is 0 Å². The van der Waals surface area contributed by atoms with Gasteiger partial charge in [0.2, 0.25) is 0 Å². The third kappa shape index (κ3) is 3.58. The summed E-state index contributed by atoms with van der Waals surface area (Å²) in [5.41, 5.74) is 1.52. The molecule has 0 radical (unpaired) electrons. The molecule has 0 bridgehead atoms. The molecular formula is C17H24Br2O2. The highest BCUT2D eigenvalue weighted by Crippen LogP contribution is 2.52. The molecule has 0 amide bonds. The molecule has 1 saturated carbocycles. The lowest BCUT2D eigenvalue weighted by Gasteiger charge is -2.41. The van der Waals surface area contributed by atoms with Crippen molar-refractivity contribution < 1.29 is 9.47 Å². The second-order valence-electron chi connectivity index (χ2n) is 6.47. The van der Waals surface area contributed by atoms with Crippen LogP contribution in [0.25, 0.3) is 0 Å². The maximum Gasteiger partial charge on any atom is 0.133 e. The predicted octanol–water partition coefficient (Wildman–Crippen LogP) is 6.12. The minimum atomic E-state index is 0.282. The first kappa shape index (κ1) is 17.1. The molecule has 1 aromatic rings. The Bertz CT molecular complexity index is 500. The first-order chi connectivity index (χ1) is 9.90. The lowest BCUT2D eigenvalue weighted by molar-refractivity contribution is 0.136. The fraction of sp³-hybridized carbons (Fsp3) is 0.647. The second-order valence-corrected chi connectivity index (χ2v) is 8.31. The fourth-order valence-corrected chi connectivity index (χ4v) is 5.20. The Morgan fingerprint density at radius 2 is 1.81 bits per heavy atom. The van der Waals surface area contributed by atoms with Crippen LogP contribution in [0.3, 0.4) is 0 Å². The molecule has 4 heteroatoms. The van der Waals surface area contributed by atoms with Crippen LogP contribution in [0.5, 0.6) is 11.5 Å². The van der Waals surface area contributed by atoms with Gasteiger partial charge in [0.15, 0.2) is 0 Å². The van der Waals surface area contributed by atoms with E-state index in [0.29, 0.717) is 11.3 Å². The van der Waals surface area contributed by atoms with E-state index in [9.17, 15) is 0 Å². The van der Waals surface area contributed by atoms with Crippen LogP contribution in [0.1, 0.15) is 49.9 Å². The van der Waals surface area contributed by atoms with Gasteiger partial charge in [-0.05, 0) is 52.2 Å². The van der Waals surface area contributed by atoms with E-state index in [1.165, 1.54) is 31.2 Å². The summed E-state index contributed by atoms with van der Waals surface area (Å²) in [6, 6.07) is 4.09. The van der Waals surface area contributed by atoms with E-state index in [0.717, 1.165) is 16.0 Å². The summed E-state index contributed by atoms with van der Waals surface area (Å²) in [6.07, 6.45) is 5.19. The quantitative estimate of drug-likeness (QED) is 0.547. The predicted molar refractivity (Wildman–Crippen MR) is 94.7 cm³/mol. The van der Waals surface area contributed by atoms with Crippen molar-refractivity contribution >= 4 is 31.9 Å². The van der Waals surface area contributed by atoms with Gasteiger partial charge >= 0.3 is 0 Å². The first-order valence-electron chi connectivity index (χ1n) is 7.46. The normalized spacial score (nSPS) is 22.7. The topological polar surface area (TPSA) is 18.5 Å². The molecule has 0 saturated heterocycles. The number of halogens is 2. The number of benzene rings is 1. The number of alkyl halides is 1. The maximum atomic E-state index is 5.59. The van der Waals surface area contributed by atoms with Gasteiger partial charge in [0.25, 0.3) is 0 Å².